The van der Waals surface area contributed by atoms with Crippen molar-refractivity contribution in [2.75, 3.05) is 36.4 Å². The summed E-state index contributed by atoms with van der Waals surface area (Å²) in [6.07, 6.45) is 6.92. The monoisotopic (exact) mass is 655 g/mol. The second-order valence-corrected chi connectivity index (χ2v) is 12.7. The third-order valence-corrected chi connectivity index (χ3v) is 9.00. The molecule has 2 aliphatic heterocycles. The summed E-state index contributed by atoms with van der Waals surface area (Å²) < 4.78 is 43.6. The number of nitrogens with zero attached hydrogens (tertiary/aromatic N) is 8. The van der Waals surface area contributed by atoms with Crippen molar-refractivity contribution in [2.24, 2.45) is 5.92 Å². The maximum absolute atomic E-state index is 14.7. The maximum Gasteiger partial charge on any atom is 0.275 e. The highest BCUT2D eigenvalue weighted by atomic mass is 35.5. The zero-order valence-corrected chi connectivity index (χ0v) is 26.2. The fourth-order valence-corrected chi connectivity index (χ4v) is 5.78. The molecular weight excluding hydrogens is 623 g/mol. The van der Waals surface area contributed by atoms with Crippen LogP contribution >= 0.6 is 11.6 Å². The second-order valence-electron chi connectivity index (χ2n) is 12.3. The Bertz CT molecular complexity index is 1730. The SMILES string of the molecule is CC(c1cnc(N2CCC2CN2CC(C(C)(C)O)C2)nc1)n1cc(NC(=O)c2cncc(-c3c(C(F)F)ccc(Cl)c3F)n2)cn1. The molecule has 0 aliphatic carbocycles. The van der Waals surface area contributed by atoms with Gasteiger partial charge in [-0.3, -0.25) is 14.5 Å². The Hall–Kier alpha value is -4.14. The molecule has 2 N–H and O–H groups in total. The first-order chi connectivity index (χ1) is 21.9. The van der Waals surface area contributed by atoms with Crippen LogP contribution in [-0.2, 0) is 0 Å². The molecule has 3 aromatic heterocycles. The highest BCUT2D eigenvalue weighted by Gasteiger charge is 2.40. The van der Waals surface area contributed by atoms with Crippen LogP contribution in [0.1, 0.15) is 61.3 Å². The summed E-state index contributed by atoms with van der Waals surface area (Å²) in [6, 6.07) is 2.13. The lowest BCUT2D eigenvalue weighted by Crippen LogP contribution is -2.61. The number of aliphatic hydroxyl groups is 1. The summed E-state index contributed by atoms with van der Waals surface area (Å²) in [4.78, 5) is 34.7. The van der Waals surface area contributed by atoms with Crippen LogP contribution in [0.15, 0.2) is 49.3 Å². The summed E-state index contributed by atoms with van der Waals surface area (Å²) >= 11 is 5.82. The Morgan fingerprint density at radius 2 is 1.89 bits per heavy atom. The minimum atomic E-state index is -2.99. The zero-order chi connectivity index (χ0) is 32.7. The lowest BCUT2D eigenvalue weighted by molar-refractivity contribution is -0.0646. The zero-order valence-electron chi connectivity index (χ0n) is 25.4. The lowest BCUT2D eigenvalue weighted by atomic mass is 9.84. The van der Waals surface area contributed by atoms with E-state index in [1.165, 1.54) is 6.20 Å². The third-order valence-electron chi connectivity index (χ3n) is 8.71. The Morgan fingerprint density at radius 3 is 2.54 bits per heavy atom. The quantitative estimate of drug-likeness (QED) is 0.243. The topological polar surface area (TPSA) is 125 Å². The van der Waals surface area contributed by atoms with Crippen molar-refractivity contribution in [3.8, 4) is 11.3 Å². The second kappa shape index (κ2) is 12.6. The number of likely N-dealkylation sites (tertiary alicyclic amines) is 1. The molecule has 0 bridgehead atoms. The standard InChI is InChI=1S/C31H33ClF3N9O2/c1-17(18-8-37-30(38-9-18)43-7-6-21(43)16-42-13-19(14-42)31(2,3)46)44-15-20(10-39-44)40-29(45)25-12-36-11-24(41-25)26-22(28(34)35)4-5-23(32)27(26)33/h4-5,8-12,15,17,19,21,28,46H,6-7,13-14,16H2,1-3H3,(H,40,45). The van der Waals surface area contributed by atoms with Crippen LogP contribution in [0.3, 0.4) is 0 Å². The molecule has 6 rings (SSSR count). The smallest absolute Gasteiger partial charge is 0.275 e. The molecule has 2 fully saturated rings. The van der Waals surface area contributed by atoms with E-state index in [-0.39, 0.29) is 22.5 Å². The Labute approximate surface area is 268 Å². The van der Waals surface area contributed by atoms with Crippen LogP contribution in [0.25, 0.3) is 11.3 Å². The third kappa shape index (κ3) is 6.42. The van der Waals surface area contributed by atoms with Crippen LogP contribution in [0.2, 0.25) is 5.02 Å². The molecule has 242 valence electrons. The average molecular weight is 656 g/mol. The van der Waals surface area contributed by atoms with Gasteiger partial charge in [-0.15, -0.1) is 0 Å². The van der Waals surface area contributed by atoms with Crippen LogP contribution in [0, 0.1) is 11.7 Å². The van der Waals surface area contributed by atoms with Gasteiger partial charge in [0.25, 0.3) is 12.3 Å². The molecule has 2 atom stereocenters. The summed E-state index contributed by atoms with van der Waals surface area (Å²) in [7, 11) is 0. The van der Waals surface area contributed by atoms with Gasteiger partial charge in [-0.2, -0.15) is 5.10 Å². The number of hydrogen-bond donors (Lipinski definition) is 2. The minimum Gasteiger partial charge on any atom is -0.390 e. The number of carbonyl (C=O) groups excluding carboxylic acids is 1. The van der Waals surface area contributed by atoms with Crippen molar-refractivity contribution in [2.45, 2.75) is 51.3 Å². The van der Waals surface area contributed by atoms with E-state index in [9.17, 15) is 23.1 Å². The Kier molecular flexibility index (Phi) is 8.70. The molecule has 0 radical (unpaired) electrons. The molecular formula is C31H33ClF3N9O2. The van der Waals surface area contributed by atoms with Crippen molar-refractivity contribution in [1.29, 1.82) is 0 Å². The first-order valence-electron chi connectivity index (χ1n) is 14.9. The lowest BCUT2D eigenvalue weighted by Gasteiger charge is -2.50. The molecule has 46 heavy (non-hydrogen) atoms. The number of halogens is 4. The first kappa shape index (κ1) is 31.8. The molecule has 5 heterocycles. The fourth-order valence-electron chi connectivity index (χ4n) is 5.62. The van der Waals surface area contributed by atoms with E-state index in [4.69, 9.17) is 11.6 Å². The van der Waals surface area contributed by atoms with E-state index in [0.717, 1.165) is 62.7 Å². The summed E-state index contributed by atoms with van der Waals surface area (Å²) in [5.41, 5.74) is -1.08. The molecule has 1 aromatic carbocycles. The largest absolute Gasteiger partial charge is 0.390 e. The molecule has 2 aliphatic rings. The Balaban J connectivity index is 1.08. The van der Waals surface area contributed by atoms with Gasteiger partial charge in [0.1, 0.15) is 5.69 Å². The number of carbonyl (C=O) groups is 1. The minimum absolute atomic E-state index is 0.211. The fraction of sp³-hybridized carbons (Fsp3) is 0.419. The summed E-state index contributed by atoms with van der Waals surface area (Å²) in [5.74, 6) is -0.797. The number of rotatable bonds is 10. The summed E-state index contributed by atoms with van der Waals surface area (Å²) in [6.45, 7) is 9.23. The highest BCUT2D eigenvalue weighted by molar-refractivity contribution is 6.31. The van der Waals surface area contributed by atoms with Crippen LogP contribution < -0.4 is 10.2 Å². The van der Waals surface area contributed by atoms with Gasteiger partial charge in [-0.1, -0.05) is 17.7 Å². The molecule has 15 heteroatoms. The van der Waals surface area contributed by atoms with Gasteiger partial charge in [0.15, 0.2) is 5.82 Å². The molecule has 0 spiro atoms. The van der Waals surface area contributed by atoms with Gasteiger partial charge in [0.2, 0.25) is 5.95 Å². The number of aromatic nitrogens is 6. The average Bonchev–Trinajstić information content (AvgIpc) is 3.44. The first-order valence-corrected chi connectivity index (χ1v) is 15.2. The highest BCUT2D eigenvalue weighted by Crippen LogP contribution is 2.35. The van der Waals surface area contributed by atoms with E-state index < -0.39 is 34.9 Å². The van der Waals surface area contributed by atoms with E-state index >= 15 is 0 Å². The van der Waals surface area contributed by atoms with Gasteiger partial charge in [-0.05, 0) is 33.3 Å². The van der Waals surface area contributed by atoms with Crippen LogP contribution in [0.4, 0.5) is 24.8 Å². The van der Waals surface area contributed by atoms with Crippen molar-refractivity contribution < 1.29 is 23.1 Å². The van der Waals surface area contributed by atoms with Crippen LogP contribution in [0.5, 0.6) is 0 Å². The Morgan fingerprint density at radius 1 is 1.15 bits per heavy atom. The molecule has 1 amide bonds. The van der Waals surface area contributed by atoms with Crippen molar-refractivity contribution in [3.05, 3.63) is 77.0 Å². The van der Waals surface area contributed by atoms with Crippen molar-refractivity contribution >= 4 is 29.1 Å². The number of hydrogen-bond acceptors (Lipinski definition) is 9. The van der Waals surface area contributed by atoms with Crippen molar-refractivity contribution in [3.63, 3.8) is 0 Å². The normalized spacial score (nSPS) is 17.9. The predicted molar refractivity (Wildman–Crippen MR) is 165 cm³/mol. The van der Waals surface area contributed by atoms with Gasteiger partial charge in [0, 0.05) is 73.4 Å². The van der Waals surface area contributed by atoms with Gasteiger partial charge >= 0.3 is 0 Å². The molecule has 11 nitrogen and oxygen atoms in total. The van der Waals surface area contributed by atoms with Gasteiger partial charge in [0.05, 0.1) is 46.6 Å². The van der Waals surface area contributed by atoms with Gasteiger partial charge in [-0.25, -0.2) is 28.1 Å². The summed E-state index contributed by atoms with van der Waals surface area (Å²) in [5, 5.41) is 16.9. The number of nitrogens with one attached hydrogen (secondary N) is 1. The molecule has 0 saturated carbocycles. The van der Waals surface area contributed by atoms with E-state index in [1.807, 2.05) is 20.8 Å². The number of amides is 1. The molecule has 4 aromatic rings. The molecule has 2 unspecified atom stereocenters. The van der Waals surface area contributed by atoms with E-state index in [1.54, 1.807) is 23.3 Å². The van der Waals surface area contributed by atoms with Gasteiger partial charge < -0.3 is 20.2 Å². The van der Waals surface area contributed by atoms with E-state index in [0.29, 0.717) is 23.6 Å². The maximum atomic E-state index is 14.7. The number of alkyl halides is 2. The van der Waals surface area contributed by atoms with Crippen molar-refractivity contribution in [1.82, 2.24) is 34.6 Å². The number of benzene rings is 1. The van der Waals surface area contributed by atoms with E-state index in [2.05, 4.69) is 40.2 Å². The van der Waals surface area contributed by atoms with Crippen LogP contribution in [-0.4, -0.2) is 83.5 Å². The number of anilines is 2. The molecule has 2 saturated heterocycles. The predicted octanol–water partition coefficient (Wildman–Crippen LogP) is 5.00.